The van der Waals surface area contributed by atoms with E-state index in [1.54, 1.807) is 0 Å². The lowest BCUT2D eigenvalue weighted by atomic mass is 9.42. The number of esters is 1. The molecule has 4 unspecified atom stereocenters. The molecule has 4 aliphatic rings. The number of hydrogen-bond donors (Lipinski definition) is 1. The third-order valence-electron chi connectivity index (χ3n) is 11.1. The Morgan fingerprint density at radius 1 is 1.23 bits per heavy atom. The molecule has 0 aliphatic heterocycles. The van der Waals surface area contributed by atoms with E-state index in [1.165, 1.54) is 16.3 Å². The molecule has 35 heavy (non-hydrogen) atoms. The maximum absolute atomic E-state index is 16.0. The van der Waals surface area contributed by atoms with Crippen LogP contribution >= 0.6 is 30.4 Å². The topological polar surface area (TPSA) is 55.8 Å². The van der Waals surface area contributed by atoms with Gasteiger partial charge in [0.2, 0.25) is 0 Å². The van der Waals surface area contributed by atoms with Gasteiger partial charge in [0.1, 0.15) is 20.8 Å². The summed E-state index contributed by atoms with van der Waals surface area (Å²) in [6.07, 6.45) is 8.77. The highest BCUT2D eigenvalue weighted by Gasteiger charge is 2.66. The zero-order valence-electron chi connectivity index (χ0n) is 22.0. The molecule has 0 radical (unpaired) electrons. The lowest BCUT2D eigenvalue weighted by molar-refractivity contribution is -0.186. The Bertz CT molecular complexity index is 823. The summed E-state index contributed by atoms with van der Waals surface area (Å²) >= 11 is 2.06. The molecule has 3 saturated carbocycles. The van der Waals surface area contributed by atoms with Crippen molar-refractivity contribution in [1.29, 1.82) is 0 Å². The highest BCUT2D eigenvalue weighted by atomic mass is 127. The molecule has 0 aromatic rings. The van der Waals surface area contributed by atoms with Crippen LogP contribution < -0.4 is 0 Å². The van der Waals surface area contributed by atoms with Crippen LogP contribution in [0.3, 0.4) is 0 Å². The number of ether oxygens (including phenoxy) is 1. The van der Waals surface area contributed by atoms with Crippen LogP contribution in [0.1, 0.15) is 91.9 Å². The molecule has 0 spiro atoms. The minimum Gasteiger partial charge on any atom is -0.469 e. The fourth-order valence-electron chi connectivity index (χ4n) is 9.55. The maximum Gasteiger partial charge on any atom is 0.305 e. The van der Waals surface area contributed by atoms with Crippen molar-refractivity contribution in [2.75, 3.05) is 7.11 Å². The molecule has 0 aromatic carbocycles. The number of fused-ring (bicyclic) bond motifs is 5. The van der Waals surface area contributed by atoms with Crippen LogP contribution in [0.2, 0.25) is 0 Å². The predicted octanol–water partition coefficient (Wildman–Crippen LogP) is 8.04. The number of aliphatic hydroxyl groups is 1. The van der Waals surface area contributed by atoms with Gasteiger partial charge < -0.3 is 14.0 Å². The van der Waals surface area contributed by atoms with Crippen molar-refractivity contribution in [3.8, 4) is 0 Å². The van der Waals surface area contributed by atoms with E-state index in [-0.39, 0.29) is 40.4 Å². The normalized spacial score (nSPS) is 43.7. The second kappa shape index (κ2) is 11.0. The quantitative estimate of drug-likeness (QED) is 0.169. The van der Waals surface area contributed by atoms with Gasteiger partial charge in [0.15, 0.2) is 0 Å². The van der Waals surface area contributed by atoms with E-state index in [0.29, 0.717) is 42.3 Å². The number of hydrogen-bond acceptors (Lipinski definition) is 5. The van der Waals surface area contributed by atoms with E-state index in [2.05, 4.69) is 48.9 Å². The van der Waals surface area contributed by atoms with Crippen LogP contribution in [0, 0.1) is 52.3 Å². The number of carbonyl (C=O) groups excluding carboxylic acids is 1. The van der Waals surface area contributed by atoms with Gasteiger partial charge in [0.25, 0.3) is 0 Å². The van der Waals surface area contributed by atoms with E-state index in [4.69, 9.17) is 8.92 Å². The summed E-state index contributed by atoms with van der Waals surface area (Å²) in [5.41, 5.74) is 0.0410. The molecule has 0 aromatic heterocycles. The molecular formula is C28H44FIO4S. The van der Waals surface area contributed by atoms with Gasteiger partial charge in [-0.25, -0.2) is 4.39 Å². The number of methoxy groups -OCH3 is 1. The lowest BCUT2D eigenvalue weighted by Crippen LogP contribution is -2.61. The third-order valence-corrected chi connectivity index (χ3v) is 11.9. The summed E-state index contributed by atoms with van der Waals surface area (Å²) in [5.74, 6) is 2.05. The van der Waals surface area contributed by atoms with E-state index in [1.807, 2.05) is 0 Å². The van der Waals surface area contributed by atoms with Crippen molar-refractivity contribution < 1.29 is 23.2 Å². The van der Waals surface area contributed by atoms with Crippen LogP contribution in [-0.2, 0) is 13.7 Å². The average molecular weight is 623 g/mol. The summed E-state index contributed by atoms with van der Waals surface area (Å²) in [6, 6.07) is 0. The SMILES string of the molecule is CCC[C@H]1[C@@H](O)C2C3CCC([C@H](C)CCC(=O)OC)[C@@]3(C)CCC2[C@@]2(C)CCC(OSI)=C(F)[C@@H]12. The Kier molecular flexibility index (Phi) is 8.80. The van der Waals surface area contributed by atoms with Gasteiger partial charge in [-0.05, 0) is 91.3 Å². The first-order valence-corrected chi connectivity index (χ1v) is 17.0. The summed E-state index contributed by atoms with van der Waals surface area (Å²) in [7, 11) is 2.65. The number of carbonyl (C=O) groups is 1. The highest BCUT2D eigenvalue weighted by Crippen LogP contribution is 2.70. The van der Waals surface area contributed by atoms with Gasteiger partial charge in [-0.1, -0.05) is 34.1 Å². The largest absolute Gasteiger partial charge is 0.469 e. The Morgan fingerprint density at radius 3 is 2.60 bits per heavy atom. The third kappa shape index (κ3) is 4.70. The highest BCUT2D eigenvalue weighted by molar-refractivity contribution is 14.2. The first-order valence-electron chi connectivity index (χ1n) is 13.7. The van der Waals surface area contributed by atoms with Gasteiger partial charge >= 0.3 is 5.97 Å². The lowest BCUT2D eigenvalue weighted by Gasteiger charge is -2.63. The van der Waals surface area contributed by atoms with Gasteiger partial charge in [-0.3, -0.25) is 4.79 Å². The molecule has 0 bridgehead atoms. The molecule has 4 nitrogen and oxygen atoms in total. The number of allylic oxidation sites excluding steroid dienone is 2. The van der Waals surface area contributed by atoms with Gasteiger partial charge in [-0.15, -0.1) is 0 Å². The fraction of sp³-hybridized carbons (Fsp3) is 0.893. The van der Waals surface area contributed by atoms with E-state index >= 15 is 4.39 Å². The molecule has 10 atom stereocenters. The monoisotopic (exact) mass is 622 g/mol. The Hall–Kier alpha value is -0.0200. The van der Waals surface area contributed by atoms with Crippen LogP contribution in [0.25, 0.3) is 0 Å². The maximum atomic E-state index is 16.0. The zero-order valence-corrected chi connectivity index (χ0v) is 25.0. The molecule has 4 rings (SSSR count). The standard InChI is InChI=1S/C28H44FIO4S/c1-6-7-17-24-25(29)21(34-35-30)13-15-28(24,4)20-12-14-27(3)18(16(2)8-11-22(31)33-5)9-10-19(27)23(20)26(17)32/h16-20,23-24,26,32H,6-15H2,1-5H3/t16-,17-,18?,19?,20?,23?,24-,26-,27-,28-/m1/s1. The van der Waals surface area contributed by atoms with Gasteiger partial charge in [0, 0.05) is 40.0 Å². The molecule has 4 aliphatic carbocycles. The molecule has 0 amide bonds. The Balaban J connectivity index is 1.64. The predicted molar refractivity (Wildman–Crippen MR) is 147 cm³/mol. The van der Waals surface area contributed by atoms with Crippen LogP contribution in [0.15, 0.2) is 11.6 Å². The van der Waals surface area contributed by atoms with Gasteiger partial charge in [-0.2, -0.15) is 0 Å². The summed E-state index contributed by atoms with van der Waals surface area (Å²) in [6.45, 7) is 9.24. The van der Waals surface area contributed by atoms with Crippen molar-refractivity contribution in [3.05, 3.63) is 11.6 Å². The van der Waals surface area contributed by atoms with E-state index in [9.17, 15) is 9.90 Å². The molecular weight excluding hydrogens is 578 g/mol. The molecule has 1 N–H and O–H groups in total. The fourth-order valence-corrected chi connectivity index (χ4v) is 10.4. The number of aliphatic hydroxyl groups excluding tert-OH is 1. The summed E-state index contributed by atoms with van der Waals surface area (Å²) in [4.78, 5) is 11.8. The minimum atomic E-state index is -0.468. The Morgan fingerprint density at radius 2 is 1.94 bits per heavy atom. The van der Waals surface area contributed by atoms with Gasteiger partial charge in [0.05, 0.1) is 13.2 Å². The first kappa shape index (κ1) is 28.0. The van der Waals surface area contributed by atoms with Crippen molar-refractivity contribution in [1.82, 2.24) is 0 Å². The summed E-state index contributed by atoms with van der Waals surface area (Å²) < 4.78 is 26.5. The molecule has 200 valence electrons. The van der Waals surface area contributed by atoms with Crippen LogP contribution in [0.5, 0.6) is 0 Å². The van der Waals surface area contributed by atoms with E-state index < -0.39 is 6.10 Å². The van der Waals surface area contributed by atoms with E-state index in [0.717, 1.165) is 51.4 Å². The first-order chi connectivity index (χ1) is 16.6. The molecule has 0 saturated heterocycles. The van der Waals surface area contributed by atoms with Crippen molar-refractivity contribution in [3.63, 3.8) is 0 Å². The number of rotatable bonds is 8. The second-order valence-electron chi connectivity index (χ2n) is 12.5. The van der Waals surface area contributed by atoms with Crippen molar-refractivity contribution >= 4 is 36.4 Å². The smallest absolute Gasteiger partial charge is 0.305 e. The Labute approximate surface area is 227 Å². The van der Waals surface area contributed by atoms with Crippen LogP contribution in [-0.4, -0.2) is 24.3 Å². The minimum absolute atomic E-state index is 0.0532. The molecule has 0 heterocycles. The molecule has 3 fully saturated rings. The van der Waals surface area contributed by atoms with Crippen molar-refractivity contribution in [2.24, 2.45) is 52.3 Å². The number of halogens is 2. The summed E-state index contributed by atoms with van der Waals surface area (Å²) in [5, 5.41) is 12.0. The van der Waals surface area contributed by atoms with Crippen molar-refractivity contribution in [2.45, 2.75) is 98.0 Å². The second-order valence-corrected chi connectivity index (χ2v) is 13.8. The molecule has 7 heteroatoms. The van der Waals surface area contributed by atoms with Crippen LogP contribution in [0.4, 0.5) is 4.39 Å². The zero-order chi connectivity index (χ0) is 25.5. The average Bonchev–Trinajstić information content (AvgIpc) is 3.19.